The van der Waals surface area contributed by atoms with Gasteiger partial charge in [0.15, 0.2) is 15.0 Å². The fraction of sp³-hybridized carbons (Fsp3) is 0.188. The number of imidazole rings is 1. The summed E-state index contributed by atoms with van der Waals surface area (Å²) >= 11 is 1.65. The summed E-state index contributed by atoms with van der Waals surface area (Å²) in [7, 11) is -3.15. The second kappa shape index (κ2) is 5.78. The van der Waals surface area contributed by atoms with E-state index in [-0.39, 0.29) is 5.25 Å². The maximum atomic E-state index is 11.5. The van der Waals surface area contributed by atoms with Gasteiger partial charge in [-0.05, 0) is 36.8 Å². The number of rotatable bonds is 4. The van der Waals surface area contributed by atoms with Crippen LogP contribution in [0.4, 0.5) is 0 Å². The van der Waals surface area contributed by atoms with Crippen LogP contribution < -0.4 is 0 Å². The van der Waals surface area contributed by atoms with E-state index in [1.54, 1.807) is 23.9 Å². The first kappa shape index (κ1) is 15.1. The minimum absolute atomic E-state index is 0.180. The van der Waals surface area contributed by atoms with E-state index < -0.39 is 9.84 Å². The van der Waals surface area contributed by atoms with E-state index in [9.17, 15) is 8.42 Å². The Morgan fingerprint density at radius 1 is 1.14 bits per heavy atom. The van der Waals surface area contributed by atoms with Crippen molar-refractivity contribution >= 4 is 27.1 Å². The minimum atomic E-state index is -3.15. The average Bonchev–Trinajstić information content (AvgIpc) is 2.90. The predicted molar refractivity (Wildman–Crippen MR) is 89.0 cm³/mol. The van der Waals surface area contributed by atoms with Crippen molar-refractivity contribution in [3.05, 3.63) is 60.4 Å². The molecular formula is C16H16N2O2S2. The molecule has 114 valence electrons. The molecule has 2 aromatic heterocycles. The molecule has 0 aliphatic heterocycles. The highest BCUT2D eigenvalue weighted by molar-refractivity contribution is 7.99. The van der Waals surface area contributed by atoms with Crippen LogP contribution in [0, 0.1) is 0 Å². The number of benzene rings is 1. The highest BCUT2D eigenvalue weighted by atomic mass is 32.2. The Morgan fingerprint density at radius 3 is 2.55 bits per heavy atom. The quantitative estimate of drug-likeness (QED) is 0.685. The second-order valence-corrected chi connectivity index (χ2v) is 8.46. The van der Waals surface area contributed by atoms with Gasteiger partial charge in [0.2, 0.25) is 0 Å². The molecule has 0 unspecified atom stereocenters. The molecule has 0 amide bonds. The van der Waals surface area contributed by atoms with Crippen LogP contribution in [-0.2, 0) is 9.84 Å². The monoisotopic (exact) mass is 332 g/mol. The average molecular weight is 332 g/mol. The van der Waals surface area contributed by atoms with Gasteiger partial charge in [-0.15, -0.1) is 0 Å². The molecule has 0 aliphatic carbocycles. The first-order valence-electron chi connectivity index (χ1n) is 6.84. The molecule has 3 rings (SSSR count). The van der Waals surface area contributed by atoms with Crippen LogP contribution in [0.25, 0.3) is 5.52 Å². The maximum Gasteiger partial charge on any atom is 0.175 e. The van der Waals surface area contributed by atoms with Gasteiger partial charge in [-0.1, -0.05) is 30.0 Å². The van der Waals surface area contributed by atoms with Gasteiger partial charge < -0.3 is 0 Å². The molecule has 6 heteroatoms. The number of hydrogen-bond donors (Lipinski definition) is 0. The van der Waals surface area contributed by atoms with Crippen molar-refractivity contribution in [3.63, 3.8) is 0 Å². The first-order valence-corrected chi connectivity index (χ1v) is 9.61. The summed E-state index contributed by atoms with van der Waals surface area (Å²) < 4.78 is 25.0. The lowest BCUT2D eigenvalue weighted by atomic mass is 10.2. The molecule has 0 fully saturated rings. The first-order chi connectivity index (χ1) is 10.4. The Labute approximate surface area is 134 Å². The van der Waals surface area contributed by atoms with E-state index in [4.69, 9.17) is 0 Å². The van der Waals surface area contributed by atoms with Crippen molar-refractivity contribution < 1.29 is 8.42 Å². The SMILES string of the molecule is C[C@H](Sc1ncc2ccccn12)c1ccc(S(C)(=O)=O)cc1. The van der Waals surface area contributed by atoms with Crippen molar-refractivity contribution in [2.75, 3.05) is 6.26 Å². The molecule has 0 N–H and O–H groups in total. The molecule has 0 aliphatic rings. The Balaban J connectivity index is 1.84. The zero-order chi connectivity index (χ0) is 15.7. The predicted octanol–water partition coefficient (Wildman–Crippen LogP) is 3.59. The van der Waals surface area contributed by atoms with Crippen molar-refractivity contribution in [2.24, 2.45) is 0 Å². The number of pyridine rings is 1. The summed E-state index contributed by atoms with van der Waals surface area (Å²) in [5.41, 5.74) is 2.13. The molecular weight excluding hydrogens is 316 g/mol. The second-order valence-electron chi connectivity index (χ2n) is 5.14. The topological polar surface area (TPSA) is 51.4 Å². The fourth-order valence-corrected chi connectivity index (χ4v) is 3.85. The van der Waals surface area contributed by atoms with Crippen LogP contribution in [0.1, 0.15) is 17.7 Å². The number of thioether (sulfide) groups is 1. The van der Waals surface area contributed by atoms with Crippen molar-refractivity contribution in [1.82, 2.24) is 9.38 Å². The van der Waals surface area contributed by atoms with Gasteiger partial charge in [0.25, 0.3) is 0 Å². The van der Waals surface area contributed by atoms with Crippen molar-refractivity contribution in [3.8, 4) is 0 Å². The van der Waals surface area contributed by atoms with Gasteiger partial charge in [0, 0.05) is 17.7 Å². The molecule has 0 radical (unpaired) electrons. The molecule has 0 spiro atoms. The number of fused-ring (bicyclic) bond motifs is 1. The van der Waals surface area contributed by atoms with E-state index in [2.05, 4.69) is 11.9 Å². The van der Waals surface area contributed by atoms with Gasteiger partial charge in [0.05, 0.1) is 16.6 Å². The molecule has 0 saturated heterocycles. The third-order valence-corrected chi connectivity index (χ3v) is 5.73. The standard InChI is InChI=1S/C16H16N2O2S2/c1-12(13-6-8-15(9-7-13)22(2,19)20)21-16-17-11-14-5-3-4-10-18(14)16/h3-12H,1-2H3/t12-/m0/s1. The maximum absolute atomic E-state index is 11.5. The smallest absolute Gasteiger partial charge is 0.175 e. The molecule has 3 aromatic rings. The van der Waals surface area contributed by atoms with Crippen LogP contribution in [0.5, 0.6) is 0 Å². The van der Waals surface area contributed by atoms with Crippen molar-refractivity contribution in [2.45, 2.75) is 22.2 Å². The van der Waals surface area contributed by atoms with E-state index in [1.807, 2.05) is 47.1 Å². The normalized spacial score (nSPS) is 13.4. The summed E-state index contributed by atoms with van der Waals surface area (Å²) in [6.45, 7) is 2.09. The molecule has 4 nitrogen and oxygen atoms in total. The van der Waals surface area contributed by atoms with Crippen molar-refractivity contribution in [1.29, 1.82) is 0 Å². The molecule has 22 heavy (non-hydrogen) atoms. The molecule has 0 saturated carbocycles. The number of nitrogens with zero attached hydrogens (tertiary/aromatic N) is 2. The lowest BCUT2D eigenvalue weighted by Gasteiger charge is -2.11. The third-order valence-electron chi connectivity index (χ3n) is 3.46. The summed E-state index contributed by atoms with van der Waals surface area (Å²) in [6, 6.07) is 13.0. The Kier molecular flexibility index (Phi) is 3.97. The highest BCUT2D eigenvalue weighted by Crippen LogP contribution is 2.34. The molecule has 2 heterocycles. The van der Waals surface area contributed by atoms with Crippen LogP contribution in [0.3, 0.4) is 0 Å². The summed E-state index contributed by atoms with van der Waals surface area (Å²) in [5.74, 6) is 0. The molecule has 1 atom stereocenters. The van der Waals surface area contributed by atoms with Gasteiger partial charge in [-0.2, -0.15) is 0 Å². The lowest BCUT2D eigenvalue weighted by Crippen LogP contribution is -1.98. The summed E-state index contributed by atoms with van der Waals surface area (Å²) in [4.78, 5) is 4.79. The van der Waals surface area contributed by atoms with Crippen LogP contribution in [0.15, 0.2) is 64.9 Å². The van der Waals surface area contributed by atoms with Gasteiger partial charge in [-0.3, -0.25) is 4.40 Å². The fourth-order valence-electron chi connectivity index (χ4n) is 2.22. The molecule has 0 bridgehead atoms. The number of sulfone groups is 1. The van der Waals surface area contributed by atoms with E-state index in [0.29, 0.717) is 4.90 Å². The van der Waals surface area contributed by atoms with Gasteiger partial charge in [-0.25, -0.2) is 13.4 Å². The minimum Gasteiger partial charge on any atom is -0.295 e. The summed E-state index contributed by atoms with van der Waals surface area (Å²) in [5, 5.41) is 1.11. The highest BCUT2D eigenvalue weighted by Gasteiger charge is 2.13. The Hall–Kier alpha value is -1.79. The Morgan fingerprint density at radius 2 is 1.86 bits per heavy atom. The number of hydrogen-bond acceptors (Lipinski definition) is 4. The zero-order valence-corrected chi connectivity index (χ0v) is 13.9. The third kappa shape index (κ3) is 3.03. The zero-order valence-electron chi connectivity index (χ0n) is 12.3. The van der Waals surface area contributed by atoms with E-state index >= 15 is 0 Å². The van der Waals surface area contributed by atoms with E-state index in [0.717, 1.165) is 16.2 Å². The van der Waals surface area contributed by atoms with Crippen LogP contribution in [0.2, 0.25) is 0 Å². The van der Waals surface area contributed by atoms with Crippen LogP contribution >= 0.6 is 11.8 Å². The summed E-state index contributed by atoms with van der Waals surface area (Å²) in [6.07, 6.45) is 5.06. The van der Waals surface area contributed by atoms with Gasteiger partial charge >= 0.3 is 0 Å². The van der Waals surface area contributed by atoms with E-state index in [1.165, 1.54) is 6.26 Å². The van der Waals surface area contributed by atoms with Gasteiger partial charge in [0.1, 0.15) is 0 Å². The largest absolute Gasteiger partial charge is 0.295 e. The number of aromatic nitrogens is 2. The molecule has 1 aromatic carbocycles. The Bertz CT molecular complexity index is 899. The van der Waals surface area contributed by atoms with Crippen LogP contribution in [-0.4, -0.2) is 24.1 Å². The lowest BCUT2D eigenvalue weighted by molar-refractivity contribution is 0.602.